The Labute approximate surface area is 138 Å². The molecule has 1 amide bonds. The molecule has 0 unspecified atom stereocenters. The van der Waals surface area contributed by atoms with Gasteiger partial charge in [0.1, 0.15) is 6.04 Å². The maximum Gasteiger partial charge on any atom is 0.321 e. The topological polar surface area (TPSA) is 83.6 Å². The van der Waals surface area contributed by atoms with E-state index in [0.717, 1.165) is 11.1 Å². The summed E-state index contributed by atoms with van der Waals surface area (Å²) < 4.78 is 0. The van der Waals surface area contributed by atoms with Crippen LogP contribution in [0.15, 0.2) is 24.3 Å². The fourth-order valence-corrected chi connectivity index (χ4v) is 2.56. The number of carbonyl (C=O) groups is 2. The molecule has 118 valence electrons. The van der Waals surface area contributed by atoms with Crippen molar-refractivity contribution in [3.05, 3.63) is 39.9 Å². The number of halogens is 2. The van der Waals surface area contributed by atoms with Crippen molar-refractivity contribution in [3.8, 4) is 0 Å². The monoisotopic (exact) mass is 342 g/mol. The standard InChI is InChI=1S/C15H16Cl2N2O3/c16-11-2-1-10(7-12(11)17)9-3-5-19(6-4-9)14(20)8-13(18)15(21)22/h1-3,7,13H,4-6,8,18H2,(H,21,22)/t13-/m0/s1. The molecular weight excluding hydrogens is 327 g/mol. The number of nitrogens with zero attached hydrogens (tertiary/aromatic N) is 1. The number of benzene rings is 1. The average Bonchev–Trinajstić information content (AvgIpc) is 2.50. The Balaban J connectivity index is 2.01. The maximum absolute atomic E-state index is 12.0. The number of carboxylic acids is 1. The van der Waals surface area contributed by atoms with Crippen LogP contribution < -0.4 is 5.73 Å². The van der Waals surface area contributed by atoms with Crippen LogP contribution in [0.2, 0.25) is 10.0 Å². The molecule has 0 radical (unpaired) electrons. The quantitative estimate of drug-likeness (QED) is 0.879. The second-order valence-electron chi connectivity index (χ2n) is 5.10. The lowest BCUT2D eigenvalue weighted by molar-refractivity contribution is -0.142. The molecular formula is C15H16Cl2N2O3. The summed E-state index contributed by atoms with van der Waals surface area (Å²) in [4.78, 5) is 24.3. The van der Waals surface area contributed by atoms with E-state index in [1.807, 2.05) is 12.1 Å². The highest BCUT2D eigenvalue weighted by atomic mass is 35.5. The molecule has 1 aromatic carbocycles. The molecule has 7 heteroatoms. The molecule has 3 N–H and O–H groups in total. The average molecular weight is 343 g/mol. The Kier molecular flexibility index (Phi) is 5.45. The normalized spacial score (nSPS) is 16.1. The molecule has 1 atom stereocenters. The van der Waals surface area contributed by atoms with Gasteiger partial charge in [0.15, 0.2) is 0 Å². The van der Waals surface area contributed by atoms with Crippen molar-refractivity contribution < 1.29 is 14.7 Å². The first-order chi connectivity index (χ1) is 10.4. The van der Waals surface area contributed by atoms with Gasteiger partial charge in [0.25, 0.3) is 0 Å². The van der Waals surface area contributed by atoms with E-state index in [-0.39, 0.29) is 12.3 Å². The molecule has 1 aromatic rings. The SMILES string of the molecule is N[C@@H](CC(=O)N1CC=C(c2ccc(Cl)c(Cl)c2)CC1)C(=O)O. The molecule has 1 aliphatic rings. The van der Waals surface area contributed by atoms with E-state index >= 15 is 0 Å². The number of hydrogen-bond donors (Lipinski definition) is 2. The van der Waals surface area contributed by atoms with Gasteiger partial charge in [-0.3, -0.25) is 9.59 Å². The minimum atomic E-state index is -1.17. The molecule has 1 aliphatic heterocycles. The van der Waals surface area contributed by atoms with Crippen LogP contribution >= 0.6 is 23.2 Å². The van der Waals surface area contributed by atoms with Crippen molar-refractivity contribution in [2.24, 2.45) is 5.73 Å². The predicted octanol–water partition coefficient (Wildman–Crippen LogP) is 2.41. The Bertz CT molecular complexity index is 631. The first-order valence-corrected chi connectivity index (χ1v) is 7.54. The summed E-state index contributed by atoms with van der Waals surface area (Å²) in [6, 6.07) is 4.27. The first kappa shape index (κ1) is 16.8. The summed E-state index contributed by atoms with van der Waals surface area (Å²) in [6.45, 7) is 0.956. The van der Waals surface area contributed by atoms with Gasteiger partial charge in [0, 0.05) is 13.1 Å². The Morgan fingerprint density at radius 1 is 1.32 bits per heavy atom. The number of carbonyl (C=O) groups excluding carboxylic acids is 1. The van der Waals surface area contributed by atoms with E-state index in [9.17, 15) is 9.59 Å². The molecule has 0 spiro atoms. The minimum absolute atomic E-state index is 0.189. The first-order valence-electron chi connectivity index (χ1n) is 6.79. The molecule has 0 fully saturated rings. The lowest BCUT2D eigenvalue weighted by Crippen LogP contribution is -2.41. The summed E-state index contributed by atoms with van der Waals surface area (Å²) in [5.41, 5.74) is 7.45. The van der Waals surface area contributed by atoms with Crippen LogP contribution in [0.25, 0.3) is 5.57 Å². The fourth-order valence-electron chi connectivity index (χ4n) is 2.26. The van der Waals surface area contributed by atoms with E-state index in [0.29, 0.717) is 29.6 Å². The van der Waals surface area contributed by atoms with E-state index in [2.05, 4.69) is 0 Å². The molecule has 2 rings (SSSR count). The minimum Gasteiger partial charge on any atom is -0.480 e. The number of carboxylic acid groups (broad SMARTS) is 1. The fraction of sp³-hybridized carbons (Fsp3) is 0.333. The van der Waals surface area contributed by atoms with Gasteiger partial charge in [-0.2, -0.15) is 0 Å². The highest BCUT2D eigenvalue weighted by Gasteiger charge is 2.22. The molecule has 5 nitrogen and oxygen atoms in total. The van der Waals surface area contributed by atoms with Gasteiger partial charge in [-0.25, -0.2) is 0 Å². The van der Waals surface area contributed by atoms with E-state index < -0.39 is 12.0 Å². The van der Waals surface area contributed by atoms with Crippen LogP contribution in [0.5, 0.6) is 0 Å². The van der Waals surface area contributed by atoms with E-state index in [1.54, 1.807) is 17.0 Å². The van der Waals surface area contributed by atoms with Gasteiger partial charge in [-0.15, -0.1) is 0 Å². The maximum atomic E-state index is 12.0. The zero-order valence-corrected chi connectivity index (χ0v) is 13.3. The molecule has 0 bridgehead atoms. The van der Waals surface area contributed by atoms with Crippen molar-refractivity contribution in [2.45, 2.75) is 18.9 Å². The van der Waals surface area contributed by atoms with Crippen LogP contribution in [0.1, 0.15) is 18.4 Å². The summed E-state index contributed by atoms with van der Waals surface area (Å²) in [7, 11) is 0. The van der Waals surface area contributed by atoms with Crippen LogP contribution in [0, 0.1) is 0 Å². The third-order valence-electron chi connectivity index (χ3n) is 3.56. The predicted molar refractivity (Wildman–Crippen MR) is 85.9 cm³/mol. The molecule has 0 aromatic heterocycles. The zero-order chi connectivity index (χ0) is 16.3. The largest absolute Gasteiger partial charge is 0.480 e. The van der Waals surface area contributed by atoms with Crippen molar-refractivity contribution in [1.29, 1.82) is 0 Å². The number of nitrogens with two attached hydrogens (primary N) is 1. The number of rotatable bonds is 4. The second-order valence-corrected chi connectivity index (χ2v) is 5.91. The van der Waals surface area contributed by atoms with Gasteiger partial charge in [-0.05, 0) is 29.7 Å². The van der Waals surface area contributed by atoms with Gasteiger partial charge < -0.3 is 15.7 Å². The molecule has 0 saturated heterocycles. The Hall–Kier alpha value is -1.56. The van der Waals surface area contributed by atoms with Crippen LogP contribution in [0.4, 0.5) is 0 Å². The van der Waals surface area contributed by atoms with Gasteiger partial charge in [0.2, 0.25) is 5.91 Å². The third kappa shape index (κ3) is 4.00. The number of hydrogen-bond acceptors (Lipinski definition) is 3. The van der Waals surface area contributed by atoms with Gasteiger partial charge >= 0.3 is 5.97 Å². The Morgan fingerprint density at radius 3 is 2.59 bits per heavy atom. The van der Waals surface area contributed by atoms with Crippen LogP contribution in [-0.2, 0) is 9.59 Å². The van der Waals surface area contributed by atoms with E-state index in [1.165, 1.54) is 0 Å². The van der Waals surface area contributed by atoms with Crippen molar-refractivity contribution in [3.63, 3.8) is 0 Å². The number of aliphatic carboxylic acids is 1. The Morgan fingerprint density at radius 2 is 2.05 bits per heavy atom. The van der Waals surface area contributed by atoms with Crippen LogP contribution in [0.3, 0.4) is 0 Å². The summed E-state index contributed by atoms with van der Waals surface area (Å²) in [6.07, 6.45) is 2.42. The van der Waals surface area contributed by atoms with Crippen molar-refractivity contribution in [2.75, 3.05) is 13.1 Å². The molecule has 0 saturated carbocycles. The highest BCUT2D eigenvalue weighted by Crippen LogP contribution is 2.29. The summed E-state index contributed by atoms with van der Waals surface area (Å²) in [5.74, 6) is -1.42. The molecule has 1 heterocycles. The van der Waals surface area contributed by atoms with Gasteiger partial charge in [0.05, 0.1) is 16.5 Å². The van der Waals surface area contributed by atoms with Gasteiger partial charge in [-0.1, -0.05) is 35.3 Å². The summed E-state index contributed by atoms with van der Waals surface area (Å²) >= 11 is 11.9. The second kappa shape index (κ2) is 7.13. The molecule has 0 aliphatic carbocycles. The molecule has 22 heavy (non-hydrogen) atoms. The third-order valence-corrected chi connectivity index (χ3v) is 4.30. The summed E-state index contributed by atoms with van der Waals surface area (Å²) in [5, 5.41) is 9.73. The van der Waals surface area contributed by atoms with Crippen LogP contribution in [-0.4, -0.2) is 41.0 Å². The van der Waals surface area contributed by atoms with Crippen molar-refractivity contribution in [1.82, 2.24) is 4.90 Å². The number of amides is 1. The zero-order valence-electron chi connectivity index (χ0n) is 11.8. The van der Waals surface area contributed by atoms with Crippen molar-refractivity contribution >= 4 is 40.7 Å². The smallest absolute Gasteiger partial charge is 0.321 e. The highest BCUT2D eigenvalue weighted by molar-refractivity contribution is 6.42. The van der Waals surface area contributed by atoms with E-state index in [4.69, 9.17) is 34.0 Å². The lowest BCUT2D eigenvalue weighted by Gasteiger charge is -2.27. The lowest BCUT2D eigenvalue weighted by atomic mass is 9.99.